The molecule has 3 heterocycles. The van der Waals surface area contributed by atoms with Crippen LogP contribution in [0.3, 0.4) is 0 Å². The van der Waals surface area contributed by atoms with Gasteiger partial charge in [-0.3, -0.25) is 14.6 Å². The quantitative estimate of drug-likeness (QED) is 0.902. The molecule has 1 aromatic heterocycles. The summed E-state index contributed by atoms with van der Waals surface area (Å²) < 4.78 is 13.4. The Morgan fingerprint density at radius 1 is 1.23 bits per heavy atom. The lowest BCUT2D eigenvalue weighted by atomic mass is 9.82. The standard InChI is InChI=1S/C20H20FN3O2/c21-16-5-1-3-14(11-16)19(26)24-9-6-20(7-10-24)12-17(18(25)23-20)15-4-2-8-22-13-15/h1-5,8,11,13,17H,6-7,9-10,12H2,(H,23,25). The normalized spacial score (nSPS) is 21.7. The van der Waals surface area contributed by atoms with Gasteiger partial charge in [0, 0.05) is 36.6 Å². The molecule has 0 bridgehead atoms. The van der Waals surface area contributed by atoms with Crippen LogP contribution >= 0.6 is 0 Å². The number of amides is 2. The van der Waals surface area contributed by atoms with Gasteiger partial charge in [0.1, 0.15) is 5.82 Å². The number of rotatable bonds is 2. The zero-order valence-corrected chi connectivity index (χ0v) is 14.3. The summed E-state index contributed by atoms with van der Waals surface area (Å²) in [4.78, 5) is 30.9. The molecule has 1 spiro atoms. The third-order valence-electron chi connectivity index (χ3n) is 5.47. The number of nitrogens with one attached hydrogen (secondary N) is 1. The molecule has 5 nitrogen and oxygen atoms in total. The number of pyridine rings is 1. The van der Waals surface area contributed by atoms with E-state index in [0.717, 1.165) is 12.0 Å². The topological polar surface area (TPSA) is 62.3 Å². The van der Waals surface area contributed by atoms with Gasteiger partial charge in [-0.2, -0.15) is 0 Å². The van der Waals surface area contributed by atoms with E-state index in [-0.39, 0.29) is 23.3 Å². The van der Waals surface area contributed by atoms with Crippen molar-refractivity contribution in [3.05, 3.63) is 65.7 Å². The molecular formula is C20H20FN3O2. The van der Waals surface area contributed by atoms with Crippen LogP contribution in [0.4, 0.5) is 4.39 Å². The Hall–Kier alpha value is -2.76. The van der Waals surface area contributed by atoms with Crippen molar-refractivity contribution in [2.75, 3.05) is 13.1 Å². The fraction of sp³-hybridized carbons (Fsp3) is 0.350. The Balaban J connectivity index is 1.43. The van der Waals surface area contributed by atoms with E-state index in [4.69, 9.17) is 0 Å². The average molecular weight is 353 g/mol. The van der Waals surface area contributed by atoms with E-state index in [9.17, 15) is 14.0 Å². The first-order valence-corrected chi connectivity index (χ1v) is 8.83. The highest BCUT2D eigenvalue weighted by molar-refractivity contribution is 5.94. The van der Waals surface area contributed by atoms with Crippen LogP contribution in [-0.2, 0) is 4.79 Å². The molecule has 1 N–H and O–H groups in total. The molecule has 2 aliphatic heterocycles. The predicted octanol–water partition coefficient (Wildman–Crippen LogP) is 2.50. The molecule has 1 aromatic carbocycles. The van der Waals surface area contributed by atoms with E-state index in [1.807, 2.05) is 12.1 Å². The van der Waals surface area contributed by atoms with Crippen LogP contribution in [0, 0.1) is 5.82 Å². The van der Waals surface area contributed by atoms with Crippen LogP contribution < -0.4 is 5.32 Å². The van der Waals surface area contributed by atoms with E-state index in [1.54, 1.807) is 29.4 Å². The molecule has 1 unspecified atom stereocenters. The molecule has 0 radical (unpaired) electrons. The summed E-state index contributed by atoms with van der Waals surface area (Å²) in [6, 6.07) is 9.54. The van der Waals surface area contributed by atoms with Gasteiger partial charge >= 0.3 is 0 Å². The van der Waals surface area contributed by atoms with Gasteiger partial charge in [0.2, 0.25) is 5.91 Å². The van der Waals surface area contributed by atoms with Gasteiger partial charge in [0.05, 0.1) is 5.92 Å². The molecule has 4 rings (SSSR count). The minimum absolute atomic E-state index is 0.0305. The summed E-state index contributed by atoms with van der Waals surface area (Å²) in [6.07, 6.45) is 5.57. The first-order chi connectivity index (χ1) is 12.6. The lowest BCUT2D eigenvalue weighted by Crippen LogP contribution is -2.52. The minimum atomic E-state index is -0.410. The SMILES string of the molecule is O=C1NC2(CCN(C(=O)c3cccc(F)c3)CC2)CC1c1cccnc1. The molecule has 0 saturated carbocycles. The molecule has 2 fully saturated rings. The fourth-order valence-corrected chi connectivity index (χ4v) is 4.01. The first kappa shape index (κ1) is 16.7. The molecule has 2 aromatic rings. The summed E-state index contributed by atoms with van der Waals surface area (Å²) in [6.45, 7) is 1.10. The molecule has 26 heavy (non-hydrogen) atoms. The van der Waals surface area contributed by atoms with Gasteiger partial charge in [-0.1, -0.05) is 12.1 Å². The van der Waals surface area contributed by atoms with Crippen LogP contribution in [0.5, 0.6) is 0 Å². The second kappa shape index (κ2) is 6.52. The summed E-state index contributed by atoms with van der Waals surface area (Å²) in [5.41, 5.74) is 1.03. The van der Waals surface area contributed by atoms with Crippen molar-refractivity contribution in [1.82, 2.24) is 15.2 Å². The van der Waals surface area contributed by atoms with E-state index >= 15 is 0 Å². The highest BCUT2D eigenvalue weighted by atomic mass is 19.1. The maximum atomic E-state index is 13.4. The van der Waals surface area contributed by atoms with Crippen molar-refractivity contribution in [1.29, 1.82) is 0 Å². The number of carbonyl (C=O) groups excluding carboxylic acids is 2. The maximum absolute atomic E-state index is 13.4. The Morgan fingerprint density at radius 3 is 2.73 bits per heavy atom. The first-order valence-electron chi connectivity index (χ1n) is 8.83. The van der Waals surface area contributed by atoms with E-state index in [2.05, 4.69) is 10.3 Å². The minimum Gasteiger partial charge on any atom is -0.350 e. The van der Waals surface area contributed by atoms with E-state index in [1.165, 1.54) is 12.1 Å². The summed E-state index contributed by atoms with van der Waals surface area (Å²) in [7, 11) is 0. The van der Waals surface area contributed by atoms with Crippen LogP contribution in [0.1, 0.15) is 41.1 Å². The summed E-state index contributed by atoms with van der Waals surface area (Å²) >= 11 is 0. The number of halogens is 1. The summed E-state index contributed by atoms with van der Waals surface area (Å²) in [5.74, 6) is -0.726. The fourth-order valence-electron chi connectivity index (χ4n) is 4.01. The van der Waals surface area contributed by atoms with Crippen molar-refractivity contribution in [3.8, 4) is 0 Å². The average Bonchev–Trinajstić information content (AvgIpc) is 2.98. The number of carbonyl (C=O) groups is 2. The summed E-state index contributed by atoms with van der Waals surface area (Å²) in [5, 5.41) is 3.16. The van der Waals surface area contributed by atoms with Crippen molar-refractivity contribution in [2.24, 2.45) is 0 Å². The smallest absolute Gasteiger partial charge is 0.253 e. The highest BCUT2D eigenvalue weighted by Crippen LogP contribution is 2.39. The molecule has 0 aliphatic carbocycles. The molecule has 6 heteroatoms. The van der Waals surface area contributed by atoms with E-state index < -0.39 is 5.82 Å². The molecular weight excluding hydrogens is 333 g/mol. The number of hydrogen-bond donors (Lipinski definition) is 1. The molecule has 2 aliphatic rings. The lowest BCUT2D eigenvalue weighted by molar-refractivity contribution is -0.121. The van der Waals surface area contributed by atoms with Crippen LogP contribution in [-0.4, -0.2) is 40.3 Å². The van der Waals surface area contributed by atoms with Crippen molar-refractivity contribution in [3.63, 3.8) is 0 Å². The second-order valence-corrected chi connectivity index (χ2v) is 7.12. The Labute approximate surface area is 151 Å². The van der Waals surface area contributed by atoms with Gasteiger partial charge in [-0.15, -0.1) is 0 Å². The number of likely N-dealkylation sites (tertiary alicyclic amines) is 1. The zero-order chi connectivity index (χ0) is 18.1. The monoisotopic (exact) mass is 353 g/mol. The van der Waals surface area contributed by atoms with Gasteiger partial charge < -0.3 is 10.2 Å². The van der Waals surface area contributed by atoms with Gasteiger partial charge in [0.15, 0.2) is 0 Å². The zero-order valence-electron chi connectivity index (χ0n) is 14.3. The third-order valence-corrected chi connectivity index (χ3v) is 5.47. The third kappa shape index (κ3) is 3.07. The van der Waals surface area contributed by atoms with Gasteiger partial charge in [-0.25, -0.2) is 4.39 Å². The molecule has 2 amide bonds. The molecule has 2 saturated heterocycles. The van der Waals surface area contributed by atoms with E-state index in [0.29, 0.717) is 31.5 Å². The maximum Gasteiger partial charge on any atom is 0.253 e. The van der Waals surface area contributed by atoms with Crippen molar-refractivity contribution < 1.29 is 14.0 Å². The van der Waals surface area contributed by atoms with Crippen LogP contribution in [0.15, 0.2) is 48.8 Å². The Kier molecular flexibility index (Phi) is 4.18. The number of hydrogen-bond acceptors (Lipinski definition) is 3. The highest BCUT2D eigenvalue weighted by Gasteiger charge is 2.46. The molecule has 134 valence electrons. The number of piperidine rings is 1. The number of aromatic nitrogens is 1. The molecule has 1 atom stereocenters. The van der Waals surface area contributed by atoms with Gasteiger partial charge in [0.25, 0.3) is 5.91 Å². The predicted molar refractivity (Wildman–Crippen MR) is 94.0 cm³/mol. The van der Waals surface area contributed by atoms with Gasteiger partial charge in [-0.05, 0) is 49.1 Å². The van der Waals surface area contributed by atoms with Crippen molar-refractivity contribution >= 4 is 11.8 Å². The Morgan fingerprint density at radius 2 is 2.04 bits per heavy atom. The lowest BCUT2D eigenvalue weighted by Gasteiger charge is -2.39. The number of benzene rings is 1. The van der Waals surface area contributed by atoms with Crippen molar-refractivity contribution in [2.45, 2.75) is 30.7 Å². The largest absolute Gasteiger partial charge is 0.350 e. The second-order valence-electron chi connectivity index (χ2n) is 7.12. The van der Waals surface area contributed by atoms with Crippen LogP contribution in [0.2, 0.25) is 0 Å². The number of nitrogens with zero attached hydrogens (tertiary/aromatic N) is 2. The Bertz CT molecular complexity index is 832. The van der Waals surface area contributed by atoms with Crippen LogP contribution in [0.25, 0.3) is 0 Å².